The largest absolute Gasteiger partial charge is 0.481 e. The first-order valence-electron chi connectivity index (χ1n) is 36.5. The number of aryl methyl sites for hydroxylation is 9. The van der Waals surface area contributed by atoms with Crippen molar-refractivity contribution in [2.45, 2.75) is 237 Å². The molecule has 530 valence electrons. The molecule has 5 aromatic heterocycles. The zero-order valence-corrected chi connectivity index (χ0v) is 61.2. The Balaban J connectivity index is 0.000000192. The van der Waals surface area contributed by atoms with Gasteiger partial charge in [0.05, 0.1) is 42.7 Å². The Morgan fingerprint density at radius 2 is 0.827 bits per heavy atom. The molecular weight excluding hydrogens is 1230 g/mol. The van der Waals surface area contributed by atoms with Crippen molar-refractivity contribution in [3.63, 3.8) is 0 Å². The van der Waals surface area contributed by atoms with Gasteiger partial charge in [-0.1, -0.05) is 118 Å². The van der Waals surface area contributed by atoms with Crippen molar-refractivity contribution in [3.05, 3.63) is 177 Å². The van der Waals surface area contributed by atoms with Gasteiger partial charge in [0.2, 0.25) is 0 Å². The summed E-state index contributed by atoms with van der Waals surface area (Å²) in [5.74, 6) is 3.15. The summed E-state index contributed by atoms with van der Waals surface area (Å²) >= 11 is 0. The average Bonchev–Trinajstić information content (AvgIpc) is 1.56. The second-order valence-corrected chi connectivity index (χ2v) is 28.0. The molecule has 2 aliphatic heterocycles. The minimum absolute atomic E-state index is 0.0195. The Bertz CT molecular complexity index is 3580. The van der Waals surface area contributed by atoms with E-state index in [0.717, 1.165) is 160 Å². The summed E-state index contributed by atoms with van der Waals surface area (Å²) in [6.45, 7) is 36.6. The maximum atomic E-state index is 12.5. The van der Waals surface area contributed by atoms with E-state index in [2.05, 4.69) is 151 Å². The number of hydrogen-bond acceptors (Lipinski definition) is 14. The van der Waals surface area contributed by atoms with E-state index in [4.69, 9.17) is 4.98 Å². The predicted molar refractivity (Wildman–Crippen MR) is 385 cm³/mol. The molecule has 20 nitrogen and oxygen atoms in total. The lowest BCUT2D eigenvalue weighted by Gasteiger charge is -2.31. The maximum absolute atomic E-state index is 12.5. The number of aliphatic hydroxyl groups is 1. The van der Waals surface area contributed by atoms with Crippen LogP contribution in [0.25, 0.3) is 0 Å². The molecule has 0 radical (unpaired) electrons. The first-order chi connectivity index (χ1) is 47.2. The number of aromatic nitrogens is 13. The van der Waals surface area contributed by atoms with Crippen LogP contribution in [0.1, 0.15) is 224 Å². The minimum atomic E-state index is -0.770. The second-order valence-electron chi connectivity index (χ2n) is 28.0. The molecule has 0 spiro atoms. The molecule has 0 aliphatic carbocycles. The van der Waals surface area contributed by atoms with E-state index < -0.39 is 11.9 Å². The van der Waals surface area contributed by atoms with Crippen molar-refractivity contribution >= 4 is 17.5 Å². The number of aliphatic carboxylic acids is 1. The van der Waals surface area contributed by atoms with Gasteiger partial charge in [-0.15, -0.1) is 15.3 Å². The van der Waals surface area contributed by atoms with E-state index in [9.17, 15) is 24.6 Å². The number of likely N-dealkylation sites (tertiary alicyclic amines) is 2. The fraction of sp³-hybridized carbons (Fsp3) is 0.577. The van der Waals surface area contributed by atoms with Gasteiger partial charge in [-0.05, 0) is 225 Å². The number of nitrogens with zero attached hydrogens (tertiary/aromatic N) is 15. The van der Waals surface area contributed by atoms with Gasteiger partial charge in [0.15, 0.2) is 0 Å². The molecule has 10 rings (SSSR count). The minimum Gasteiger partial charge on any atom is -0.481 e. The molecule has 7 heterocycles. The van der Waals surface area contributed by atoms with Gasteiger partial charge >= 0.3 is 5.97 Å². The molecule has 8 aromatic rings. The quantitative estimate of drug-likeness (QED) is 0.0400. The highest BCUT2D eigenvalue weighted by Crippen LogP contribution is 2.35. The zero-order valence-electron chi connectivity index (χ0n) is 61.2. The van der Waals surface area contributed by atoms with E-state index in [1.807, 2.05) is 91.8 Å². The summed E-state index contributed by atoms with van der Waals surface area (Å²) < 4.78 is 10.0. The molecule has 3 aromatic carbocycles. The number of ketones is 2. The number of benzene rings is 3. The Kier molecular flexibility index (Phi) is 29.0. The number of piperidine rings is 2. The average molecular weight is 1340 g/mol. The van der Waals surface area contributed by atoms with Gasteiger partial charge < -0.3 is 19.3 Å². The third-order valence-electron chi connectivity index (χ3n) is 21.5. The van der Waals surface area contributed by atoms with Crippen molar-refractivity contribution in [2.24, 2.45) is 29.6 Å². The summed E-state index contributed by atoms with van der Waals surface area (Å²) in [6.07, 6.45) is 26.3. The molecule has 20 heteroatoms. The molecule has 2 fully saturated rings. The molecule has 0 saturated carbocycles. The lowest BCUT2D eigenvalue weighted by molar-refractivity contribution is -0.142. The van der Waals surface area contributed by atoms with Crippen LogP contribution < -0.4 is 0 Å². The number of imidazole rings is 2. The van der Waals surface area contributed by atoms with Crippen molar-refractivity contribution in [1.82, 2.24) is 73.9 Å². The summed E-state index contributed by atoms with van der Waals surface area (Å²) in [4.78, 5) is 50.9. The first kappa shape index (κ1) is 76.0. The normalized spacial score (nSPS) is 15.9. The van der Waals surface area contributed by atoms with Crippen molar-refractivity contribution < 1.29 is 24.6 Å². The molecule has 2 saturated heterocycles. The number of Topliss-reactive ketones (excluding diaryl/α,β-unsaturated/α-hetero) is 2. The lowest BCUT2D eigenvalue weighted by Crippen LogP contribution is -2.34. The van der Waals surface area contributed by atoms with Crippen LogP contribution in [-0.4, -0.2) is 128 Å². The van der Waals surface area contributed by atoms with Gasteiger partial charge in [0.25, 0.3) is 0 Å². The highest BCUT2D eigenvalue weighted by molar-refractivity contribution is 5.79. The number of carbonyl (C=O) groups excluding carboxylic acids is 2. The Labute approximate surface area is 583 Å². The SMILES string of the molecule is CCC1CCN(Cc2nccn2Cc2cc(C(CCc3cn(CC)nn3)C(C)C(=O)O)ccc2C)CC1.CCC1CCN(Cc2nccn2Cc2cc(C(CCc3cn(CC)nn3)C(C)C(C)=O)ccc2C)CC1.CCn1cc(CCC(c2ccc(C)c(CO)c2)C(C)C(C)=O)nn1. The van der Waals surface area contributed by atoms with Crippen LogP contribution in [0, 0.1) is 50.4 Å². The Morgan fingerprint density at radius 3 is 1.13 bits per heavy atom. The highest BCUT2D eigenvalue weighted by Gasteiger charge is 2.29. The highest BCUT2D eigenvalue weighted by atomic mass is 16.4. The van der Waals surface area contributed by atoms with Crippen molar-refractivity contribution in [2.75, 3.05) is 26.2 Å². The molecule has 0 bridgehead atoms. The van der Waals surface area contributed by atoms with E-state index in [1.54, 1.807) is 13.8 Å². The molecule has 6 atom stereocenters. The molecular formula is C78H113N15O5. The van der Waals surface area contributed by atoms with Crippen LogP contribution in [0.3, 0.4) is 0 Å². The van der Waals surface area contributed by atoms with Crippen LogP contribution in [-0.2, 0) is 86.1 Å². The third-order valence-corrected chi connectivity index (χ3v) is 21.5. The molecule has 2 N–H and O–H groups in total. The standard InChI is InChI=1S/C30H44N6O.C29H42N6O2.C19H27N3O2/c1-6-25-12-15-34(16-13-25)21-30-31-14-17-35(30)19-27-18-26(9-8-22(27)3)29(23(4)24(5)37)11-10-28-20-36(7-2)33-32-28;1-5-23-11-14-33(15-12-23)20-28-30-13-16-34(28)18-25-17-24(8-7-21(25)3)27(22(4)29(36)37)10-9-26-19-35(6-2)32-31-26;1-5-22-11-18(20-21-22)8-9-19(14(3)15(4)24)16-7-6-13(2)17(10-16)12-23/h8-9,14,17-18,20,23,25,29H,6-7,10-13,15-16,19,21H2,1-5H3;7-8,13,16-17,19,22-23,27H,5-6,9-12,14-15,18,20H2,1-4H3,(H,36,37);6-7,10-11,14,19,23H,5,8-9,12H2,1-4H3. The van der Waals surface area contributed by atoms with Crippen LogP contribution in [0.2, 0.25) is 0 Å². The number of carbonyl (C=O) groups is 3. The molecule has 98 heavy (non-hydrogen) atoms. The second kappa shape index (κ2) is 37.4. The number of rotatable bonds is 32. The number of hydrogen-bond donors (Lipinski definition) is 2. The Morgan fingerprint density at radius 1 is 0.490 bits per heavy atom. The molecule has 6 unspecified atom stereocenters. The van der Waals surface area contributed by atoms with Crippen LogP contribution >= 0.6 is 0 Å². The number of carboxylic acid groups (broad SMARTS) is 1. The van der Waals surface area contributed by atoms with Crippen molar-refractivity contribution in [3.8, 4) is 0 Å². The fourth-order valence-corrected chi connectivity index (χ4v) is 14.0. The fourth-order valence-electron chi connectivity index (χ4n) is 14.0. The van der Waals surface area contributed by atoms with Gasteiger partial charge in [0.1, 0.15) is 23.2 Å². The third kappa shape index (κ3) is 21.4. The van der Waals surface area contributed by atoms with E-state index in [0.29, 0.717) is 12.8 Å². The van der Waals surface area contributed by atoms with Crippen LogP contribution in [0.15, 0.2) is 98.0 Å². The van der Waals surface area contributed by atoms with Gasteiger partial charge in [-0.3, -0.25) is 38.2 Å². The topological polar surface area (TPSA) is 226 Å². The Hall–Kier alpha value is -7.81. The number of carboxylic acids is 1. The van der Waals surface area contributed by atoms with E-state index in [1.165, 1.54) is 66.3 Å². The summed E-state index contributed by atoms with van der Waals surface area (Å²) in [5.41, 5.74) is 13.2. The molecule has 0 amide bonds. The smallest absolute Gasteiger partial charge is 0.306 e. The first-order valence-corrected chi connectivity index (χ1v) is 36.5. The molecule has 2 aliphatic rings. The van der Waals surface area contributed by atoms with Gasteiger partial charge in [-0.2, -0.15) is 0 Å². The monoisotopic (exact) mass is 1340 g/mol. The predicted octanol–water partition coefficient (Wildman–Crippen LogP) is 13.4. The van der Waals surface area contributed by atoms with Crippen LogP contribution in [0.4, 0.5) is 0 Å². The van der Waals surface area contributed by atoms with Gasteiger partial charge in [-0.25, -0.2) is 9.97 Å². The zero-order chi connectivity index (χ0) is 70.4. The van der Waals surface area contributed by atoms with Gasteiger partial charge in [0, 0.05) is 87.9 Å². The van der Waals surface area contributed by atoms with E-state index in [-0.39, 0.29) is 47.8 Å². The van der Waals surface area contributed by atoms with Crippen LogP contribution in [0.5, 0.6) is 0 Å². The summed E-state index contributed by atoms with van der Waals surface area (Å²) in [7, 11) is 0. The lowest BCUT2D eigenvalue weighted by atomic mass is 9.80. The van der Waals surface area contributed by atoms with Crippen molar-refractivity contribution in [1.29, 1.82) is 0 Å². The van der Waals surface area contributed by atoms with E-state index >= 15 is 0 Å². The summed E-state index contributed by atoms with van der Waals surface area (Å²) in [5, 5.41) is 44.5. The summed E-state index contributed by atoms with van der Waals surface area (Å²) in [6, 6.07) is 19.3. The maximum Gasteiger partial charge on any atom is 0.306 e. The number of aliphatic hydroxyl groups excluding tert-OH is 1.